The van der Waals surface area contributed by atoms with E-state index in [9.17, 15) is 13.2 Å². The van der Waals surface area contributed by atoms with Gasteiger partial charge in [0.1, 0.15) is 0 Å². The van der Waals surface area contributed by atoms with Crippen LogP contribution in [0.4, 0.5) is 0 Å². The van der Waals surface area contributed by atoms with Crippen LogP contribution in [0.25, 0.3) is 0 Å². The number of methoxy groups -OCH3 is 1. The second-order valence-corrected chi connectivity index (χ2v) is 8.85. The molecule has 1 unspecified atom stereocenters. The SMILES string of the molecule is COCCCNC(=O)C1CCCN(S(=O)(=O)N2CCC(C)CC2)C1. The molecule has 0 saturated carbocycles. The van der Waals surface area contributed by atoms with Crippen molar-refractivity contribution in [1.29, 1.82) is 0 Å². The number of hydrogen-bond acceptors (Lipinski definition) is 4. The van der Waals surface area contributed by atoms with Gasteiger partial charge in [-0.1, -0.05) is 6.92 Å². The molecule has 0 bridgehead atoms. The van der Waals surface area contributed by atoms with Gasteiger partial charge in [0.25, 0.3) is 10.2 Å². The topological polar surface area (TPSA) is 79.0 Å². The van der Waals surface area contributed by atoms with Crippen molar-refractivity contribution < 1.29 is 17.9 Å². The second kappa shape index (κ2) is 9.12. The van der Waals surface area contributed by atoms with Crippen molar-refractivity contribution in [2.24, 2.45) is 11.8 Å². The third kappa shape index (κ3) is 5.15. The molecule has 0 radical (unpaired) electrons. The summed E-state index contributed by atoms with van der Waals surface area (Å²) < 4.78 is 33.7. The van der Waals surface area contributed by atoms with E-state index in [0.717, 1.165) is 32.1 Å². The maximum absolute atomic E-state index is 12.8. The standard InChI is InChI=1S/C16H31N3O4S/c1-14-6-10-18(11-7-14)24(21,22)19-9-3-5-15(13-19)16(20)17-8-4-12-23-2/h14-15H,3-13H2,1-2H3,(H,17,20). The van der Waals surface area contributed by atoms with Gasteiger partial charge >= 0.3 is 0 Å². The average Bonchev–Trinajstić information content (AvgIpc) is 2.59. The maximum Gasteiger partial charge on any atom is 0.281 e. The lowest BCUT2D eigenvalue weighted by Crippen LogP contribution is -2.52. The highest BCUT2D eigenvalue weighted by Gasteiger charge is 2.36. The Kier molecular flexibility index (Phi) is 7.46. The zero-order valence-electron chi connectivity index (χ0n) is 14.9. The number of nitrogens with zero attached hydrogens (tertiary/aromatic N) is 2. The lowest BCUT2D eigenvalue weighted by Gasteiger charge is -2.37. The van der Waals surface area contributed by atoms with E-state index in [1.807, 2.05) is 0 Å². The Balaban J connectivity index is 1.88. The molecule has 2 rings (SSSR count). The molecule has 2 heterocycles. The van der Waals surface area contributed by atoms with E-state index in [0.29, 0.717) is 45.2 Å². The van der Waals surface area contributed by atoms with E-state index < -0.39 is 10.2 Å². The molecule has 0 aromatic carbocycles. The highest BCUT2D eigenvalue weighted by Crippen LogP contribution is 2.25. The number of amides is 1. The summed E-state index contributed by atoms with van der Waals surface area (Å²) >= 11 is 0. The Morgan fingerprint density at radius 3 is 2.54 bits per heavy atom. The number of nitrogens with one attached hydrogen (secondary N) is 1. The van der Waals surface area contributed by atoms with Crippen LogP contribution >= 0.6 is 0 Å². The van der Waals surface area contributed by atoms with Crippen molar-refractivity contribution in [3.8, 4) is 0 Å². The minimum atomic E-state index is -3.44. The minimum absolute atomic E-state index is 0.0433. The Morgan fingerprint density at radius 1 is 1.17 bits per heavy atom. The highest BCUT2D eigenvalue weighted by atomic mass is 32.2. The molecule has 140 valence electrons. The number of carbonyl (C=O) groups is 1. The smallest absolute Gasteiger partial charge is 0.281 e. The summed E-state index contributed by atoms with van der Waals surface area (Å²) in [6, 6.07) is 0. The summed E-state index contributed by atoms with van der Waals surface area (Å²) in [5.74, 6) is 0.293. The van der Waals surface area contributed by atoms with Gasteiger partial charge in [0.2, 0.25) is 5.91 Å². The first kappa shape index (κ1) is 19.6. The average molecular weight is 362 g/mol. The largest absolute Gasteiger partial charge is 0.385 e. The molecule has 1 N–H and O–H groups in total. The fourth-order valence-electron chi connectivity index (χ4n) is 3.32. The lowest BCUT2D eigenvalue weighted by atomic mass is 9.99. The number of rotatable bonds is 7. The molecule has 2 fully saturated rings. The van der Waals surface area contributed by atoms with Crippen LogP contribution in [0.2, 0.25) is 0 Å². The molecule has 7 nitrogen and oxygen atoms in total. The molecule has 2 aliphatic rings. The molecule has 0 aromatic heterocycles. The second-order valence-electron chi connectivity index (χ2n) is 6.92. The van der Waals surface area contributed by atoms with Gasteiger partial charge < -0.3 is 10.1 Å². The lowest BCUT2D eigenvalue weighted by molar-refractivity contribution is -0.126. The van der Waals surface area contributed by atoms with E-state index >= 15 is 0 Å². The predicted octanol–water partition coefficient (Wildman–Crippen LogP) is 0.828. The van der Waals surface area contributed by atoms with Crippen molar-refractivity contribution in [2.75, 3.05) is 46.4 Å². The van der Waals surface area contributed by atoms with Gasteiger partial charge in [-0.25, -0.2) is 0 Å². The fraction of sp³-hybridized carbons (Fsp3) is 0.938. The van der Waals surface area contributed by atoms with Crippen molar-refractivity contribution in [2.45, 2.75) is 39.0 Å². The third-order valence-corrected chi connectivity index (χ3v) is 6.98. The van der Waals surface area contributed by atoms with Crippen molar-refractivity contribution >= 4 is 16.1 Å². The van der Waals surface area contributed by atoms with Crippen LogP contribution in [0, 0.1) is 11.8 Å². The number of hydrogen-bond donors (Lipinski definition) is 1. The van der Waals surface area contributed by atoms with Crippen LogP contribution in [0.5, 0.6) is 0 Å². The van der Waals surface area contributed by atoms with E-state index in [2.05, 4.69) is 12.2 Å². The van der Waals surface area contributed by atoms with Gasteiger partial charge in [-0.2, -0.15) is 17.0 Å². The van der Waals surface area contributed by atoms with Gasteiger partial charge in [0, 0.05) is 46.4 Å². The van der Waals surface area contributed by atoms with Crippen molar-refractivity contribution in [1.82, 2.24) is 13.9 Å². The predicted molar refractivity (Wildman–Crippen MR) is 92.7 cm³/mol. The molecule has 0 aromatic rings. The van der Waals surface area contributed by atoms with Crippen LogP contribution in [0.3, 0.4) is 0 Å². The summed E-state index contributed by atoms with van der Waals surface area (Å²) in [5, 5.41) is 2.89. The van der Waals surface area contributed by atoms with Crippen molar-refractivity contribution in [3.63, 3.8) is 0 Å². The zero-order chi connectivity index (χ0) is 17.6. The molecular weight excluding hydrogens is 330 g/mol. The molecule has 8 heteroatoms. The van der Waals surface area contributed by atoms with Gasteiger partial charge in [0.05, 0.1) is 5.92 Å². The maximum atomic E-state index is 12.8. The zero-order valence-corrected chi connectivity index (χ0v) is 15.7. The Labute approximate surface area is 145 Å². The van der Waals surface area contributed by atoms with Crippen LogP contribution in [0.1, 0.15) is 39.0 Å². The molecule has 2 aliphatic heterocycles. The van der Waals surface area contributed by atoms with E-state index in [1.54, 1.807) is 11.4 Å². The van der Waals surface area contributed by atoms with Crippen LogP contribution in [-0.2, 0) is 19.7 Å². The summed E-state index contributed by atoms with van der Waals surface area (Å²) in [5.41, 5.74) is 0. The van der Waals surface area contributed by atoms with Crippen LogP contribution < -0.4 is 5.32 Å². The number of carbonyl (C=O) groups excluding carboxylic acids is 1. The summed E-state index contributed by atoms with van der Waals surface area (Å²) in [6.07, 6.45) is 4.08. The normalized spacial score (nSPS) is 24.8. The quantitative estimate of drug-likeness (QED) is 0.681. The number of ether oxygens (including phenoxy) is 1. The summed E-state index contributed by atoms with van der Waals surface area (Å²) in [6.45, 7) is 5.33. The molecular formula is C16H31N3O4S. The molecule has 2 saturated heterocycles. The molecule has 1 atom stereocenters. The third-order valence-electron chi connectivity index (χ3n) is 4.97. The van der Waals surface area contributed by atoms with Gasteiger partial charge in [0.15, 0.2) is 0 Å². The van der Waals surface area contributed by atoms with Crippen LogP contribution in [0.15, 0.2) is 0 Å². The van der Waals surface area contributed by atoms with Crippen molar-refractivity contribution in [3.05, 3.63) is 0 Å². The Hall–Kier alpha value is -0.700. The van der Waals surface area contributed by atoms with Gasteiger partial charge in [-0.05, 0) is 38.0 Å². The fourth-order valence-corrected chi connectivity index (χ4v) is 5.04. The van der Waals surface area contributed by atoms with E-state index in [4.69, 9.17) is 4.74 Å². The number of piperidine rings is 2. The molecule has 0 spiro atoms. The first-order valence-corrected chi connectivity index (χ1v) is 10.4. The minimum Gasteiger partial charge on any atom is -0.385 e. The molecule has 0 aliphatic carbocycles. The van der Waals surface area contributed by atoms with E-state index in [1.165, 1.54) is 4.31 Å². The summed E-state index contributed by atoms with van der Waals surface area (Å²) in [7, 11) is -1.81. The Morgan fingerprint density at radius 2 is 1.88 bits per heavy atom. The van der Waals surface area contributed by atoms with Gasteiger partial charge in [-0.15, -0.1) is 0 Å². The Bertz CT molecular complexity index is 503. The van der Waals surface area contributed by atoms with Crippen LogP contribution in [-0.4, -0.2) is 69.4 Å². The first-order chi connectivity index (χ1) is 11.4. The monoisotopic (exact) mass is 361 g/mol. The molecule has 1 amide bonds. The van der Waals surface area contributed by atoms with Gasteiger partial charge in [-0.3, -0.25) is 4.79 Å². The van der Waals surface area contributed by atoms with E-state index in [-0.39, 0.29) is 11.8 Å². The molecule has 24 heavy (non-hydrogen) atoms. The summed E-state index contributed by atoms with van der Waals surface area (Å²) in [4.78, 5) is 12.3. The first-order valence-electron chi connectivity index (χ1n) is 8.97. The highest BCUT2D eigenvalue weighted by molar-refractivity contribution is 7.86.